The Kier molecular flexibility index (Phi) is 3.40. The van der Waals surface area contributed by atoms with E-state index in [1.165, 1.54) is 17.0 Å². The predicted octanol–water partition coefficient (Wildman–Crippen LogP) is 2.55. The van der Waals surface area contributed by atoms with Crippen molar-refractivity contribution in [2.45, 2.75) is 13.1 Å². The fourth-order valence-corrected chi connectivity index (χ4v) is 3.67. The van der Waals surface area contributed by atoms with Crippen LogP contribution in [0.3, 0.4) is 0 Å². The largest absolute Gasteiger partial charge is 0.349 e. The number of benzene rings is 1. The lowest BCUT2D eigenvalue weighted by atomic mass is 10.3. The number of amides is 1. The Balaban J connectivity index is 1.40. The number of hydrogen-bond acceptors (Lipinski definition) is 4. The van der Waals surface area contributed by atoms with Crippen molar-refractivity contribution >= 4 is 32.6 Å². The molecule has 1 aliphatic heterocycles. The van der Waals surface area contributed by atoms with E-state index >= 15 is 0 Å². The Morgan fingerprint density at radius 1 is 1.23 bits per heavy atom. The Hall–Kier alpha value is -2.18. The molecule has 0 saturated heterocycles. The normalized spacial score (nSPS) is 14.9. The summed E-state index contributed by atoms with van der Waals surface area (Å²) in [5.74, 6) is -0.000868. The number of nitrogens with one attached hydrogen (secondary N) is 1. The van der Waals surface area contributed by atoms with Gasteiger partial charge in [0.2, 0.25) is 5.91 Å². The minimum atomic E-state index is -0.000868. The summed E-state index contributed by atoms with van der Waals surface area (Å²) in [6.07, 6.45) is 2.09. The SMILES string of the molecule is O=C(CN1CCn2cccc2C1)Nc1nc2ccccc2s1. The van der Waals surface area contributed by atoms with Crippen molar-refractivity contribution in [1.29, 1.82) is 0 Å². The third kappa shape index (κ3) is 2.63. The van der Waals surface area contributed by atoms with Crippen LogP contribution in [0.25, 0.3) is 10.2 Å². The lowest BCUT2D eigenvalue weighted by Crippen LogP contribution is -2.38. The van der Waals surface area contributed by atoms with E-state index in [0.717, 1.165) is 29.9 Å². The highest BCUT2D eigenvalue weighted by atomic mass is 32.1. The molecule has 0 bridgehead atoms. The molecule has 0 fully saturated rings. The summed E-state index contributed by atoms with van der Waals surface area (Å²) in [6.45, 7) is 3.06. The topological polar surface area (TPSA) is 50.2 Å². The third-order valence-corrected chi connectivity index (χ3v) is 4.83. The van der Waals surface area contributed by atoms with E-state index in [1.54, 1.807) is 0 Å². The summed E-state index contributed by atoms with van der Waals surface area (Å²) >= 11 is 1.51. The molecule has 3 aromatic rings. The number of hydrogen-bond donors (Lipinski definition) is 1. The first kappa shape index (κ1) is 13.5. The molecule has 112 valence electrons. The Bertz CT molecular complexity index is 789. The quantitative estimate of drug-likeness (QED) is 0.808. The second kappa shape index (κ2) is 5.55. The molecule has 0 radical (unpaired) electrons. The molecule has 3 heterocycles. The zero-order valence-electron chi connectivity index (χ0n) is 12.0. The van der Waals surface area contributed by atoms with Gasteiger partial charge in [-0.2, -0.15) is 0 Å². The second-order valence-electron chi connectivity index (χ2n) is 5.44. The van der Waals surface area contributed by atoms with Crippen LogP contribution in [0.4, 0.5) is 5.13 Å². The van der Waals surface area contributed by atoms with E-state index in [4.69, 9.17) is 0 Å². The Labute approximate surface area is 132 Å². The lowest BCUT2D eigenvalue weighted by Gasteiger charge is -2.27. The fraction of sp³-hybridized carbons (Fsp3) is 0.250. The van der Waals surface area contributed by atoms with Gasteiger partial charge in [-0.15, -0.1) is 0 Å². The monoisotopic (exact) mass is 312 g/mol. The number of anilines is 1. The lowest BCUT2D eigenvalue weighted by molar-refractivity contribution is -0.117. The van der Waals surface area contributed by atoms with Gasteiger partial charge in [0.15, 0.2) is 5.13 Å². The fourth-order valence-electron chi connectivity index (χ4n) is 2.79. The molecule has 1 aromatic carbocycles. The van der Waals surface area contributed by atoms with E-state index in [9.17, 15) is 4.79 Å². The van der Waals surface area contributed by atoms with Gasteiger partial charge in [0.25, 0.3) is 0 Å². The number of rotatable bonds is 3. The minimum Gasteiger partial charge on any atom is -0.349 e. The molecule has 5 nitrogen and oxygen atoms in total. The van der Waals surface area contributed by atoms with Crippen molar-refractivity contribution in [3.05, 3.63) is 48.3 Å². The van der Waals surface area contributed by atoms with Crippen molar-refractivity contribution in [3.8, 4) is 0 Å². The van der Waals surface area contributed by atoms with Gasteiger partial charge in [0, 0.05) is 31.5 Å². The number of nitrogens with zero attached hydrogens (tertiary/aromatic N) is 3. The highest BCUT2D eigenvalue weighted by Gasteiger charge is 2.18. The first-order valence-electron chi connectivity index (χ1n) is 7.30. The zero-order chi connectivity index (χ0) is 14.9. The summed E-state index contributed by atoms with van der Waals surface area (Å²) < 4.78 is 3.33. The highest BCUT2D eigenvalue weighted by Crippen LogP contribution is 2.25. The van der Waals surface area contributed by atoms with Gasteiger partial charge < -0.3 is 9.88 Å². The molecule has 2 aromatic heterocycles. The number of carbonyl (C=O) groups is 1. The highest BCUT2D eigenvalue weighted by molar-refractivity contribution is 7.22. The predicted molar refractivity (Wildman–Crippen MR) is 88.0 cm³/mol. The molecule has 1 aliphatic rings. The average Bonchev–Trinajstić information content (AvgIpc) is 3.11. The minimum absolute atomic E-state index is 0.000868. The molecule has 1 amide bonds. The summed E-state index contributed by atoms with van der Waals surface area (Å²) in [5, 5.41) is 3.59. The van der Waals surface area contributed by atoms with Crippen LogP contribution in [0.1, 0.15) is 5.69 Å². The van der Waals surface area contributed by atoms with Crippen molar-refractivity contribution in [3.63, 3.8) is 0 Å². The standard InChI is InChI=1S/C16H16N4OS/c21-15(11-19-8-9-20-7-3-4-12(20)10-19)18-16-17-13-5-1-2-6-14(13)22-16/h1-7H,8-11H2,(H,17,18,21). The Morgan fingerprint density at radius 2 is 2.14 bits per heavy atom. The number of carbonyl (C=O) groups excluding carboxylic acids is 1. The van der Waals surface area contributed by atoms with Gasteiger partial charge in [0.05, 0.1) is 16.8 Å². The smallest absolute Gasteiger partial charge is 0.240 e. The van der Waals surface area contributed by atoms with E-state index in [-0.39, 0.29) is 5.91 Å². The molecule has 0 saturated carbocycles. The molecule has 0 unspecified atom stereocenters. The summed E-state index contributed by atoms with van der Waals surface area (Å²) in [7, 11) is 0. The molecule has 22 heavy (non-hydrogen) atoms. The number of fused-ring (bicyclic) bond motifs is 2. The van der Waals surface area contributed by atoms with E-state index in [0.29, 0.717) is 11.7 Å². The van der Waals surface area contributed by atoms with Crippen molar-refractivity contribution in [1.82, 2.24) is 14.5 Å². The second-order valence-corrected chi connectivity index (χ2v) is 6.47. The molecule has 6 heteroatoms. The number of para-hydroxylation sites is 1. The van der Waals surface area contributed by atoms with E-state index in [2.05, 4.69) is 38.1 Å². The van der Waals surface area contributed by atoms with Crippen LogP contribution >= 0.6 is 11.3 Å². The average molecular weight is 312 g/mol. The first-order valence-corrected chi connectivity index (χ1v) is 8.11. The molecule has 4 rings (SSSR count). The molecule has 0 spiro atoms. The van der Waals surface area contributed by atoms with Gasteiger partial charge in [-0.1, -0.05) is 23.5 Å². The van der Waals surface area contributed by atoms with E-state index < -0.39 is 0 Å². The molecular formula is C16H16N4OS. The number of aromatic nitrogens is 2. The van der Waals surface area contributed by atoms with Gasteiger partial charge in [-0.25, -0.2) is 4.98 Å². The first-order chi connectivity index (χ1) is 10.8. The zero-order valence-corrected chi connectivity index (χ0v) is 12.8. The van der Waals surface area contributed by atoms with Crippen LogP contribution in [-0.2, 0) is 17.9 Å². The van der Waals surface area contributed by atoms with Crippen LogP contribution in [-0.4, -0.2) is 33.4 Å². The third-order valence-electron chi connectivity index (χ3n) is 3.87. The van der Waals surface area contributed by atoms with Crippen LogP contribution in [0.5, 0.6) is 0 Å². The molecule has 1 N–H and O–H groups in total. The van der Waals surface area contributed by atoms with Gasteiger partial charge in [-0.3, -0.25) is 9.69 Å². The Morgan fingerprint density at radius 3 is 3.05 bits per heavy atom. The maximum atomic E-state index is 12.2. The van der Waals surface area contributed by atoms with Crippen molar-refractivity contribution < 1.29 is 4.79 Å². The molecule has 0 aliphatic carbocycles. The number of thiazole rings is 1. The van der Waals surface area contributed by atoms with E-state index in [1.807, 2.05) is 24.3 Å². The van der Waals surface area contributed by atoms with Crippen LogP contribution < -0.4 is 5.32 Å². The van der Waals surface area contributed by atoms with Crippen molar-refractivity contribution in [2.24, 2.45) is 0 Å². The molecular weight excluding hydrogens is 296 g/mol. The summed E-state index contributed by atoms with van der Waals surface area (Å²) in [6, 6.07) is 12.1. The maximum Gasteiger partial charge on any atom is 0.240 e. The van der Waals surface area contributed by atoms with Crippen LogP contribution in [0.2, 0.25) is 0 Å². The van der Waals surface area contributed by atoms with Gasteiger partial charge in [0.1, 0.15) is 0 Å². The molecule has 0 atom stereocenters. The maximum absolute atomic E-state index is 12.2. The van der Waals surface area contributed by atoms with Crippen molar-refractivity contribution in [2.75, 3.05) is 18.4 Å². The summed E-state index contributed by atoms with van der Waals surface area (Å²) in [5.41, 5.74) is 2.19. The van der Waals surface area contributed by atoms with Gasteiger partial charge >= 0.3 is 0 Å². The summed E-state index contributed by atoms with van der Waals surface area (Å²) in [4.78, 5) is 18.8. The van der Waals surface area contributed by atoms with Crippen LogP contribution in [0, 0.1) is 0 Å². The van der Waals surface area contributed by atoms with Crippen LogP contribution in [0.15, 0.2) is 42.6 Å². The van der Waals surface area contributed by atoms with Gasteiger partial charge in [-0.05, 0) is 24.3 Å².